The molecule has 0 aliphatic carbocycles. The van der Waals surface area contributed by atoms with E-state index in [2.05, 4.69) is 20.5 Å². The van der Waals surface area contributed by atoms with Crippen LogP contribution in [0, 0.1) is 13.8 Å². The van der Waals surface area contributed by atoms with Crippen LogP contribution in [0.1, 0.15) is 21.8 Å². The second kappa shape index (κ2) is 8.44. The van der Waals surface area contributed by atoms with Gasteiger partial charge in [0.25, 0.3) is 0 Å². The quantitative estimate of drug-likeness (QED) is 0.500. The number of hydrogen-bond acceptors (Lipinski definition) is 7. The van der Waals surface area contributed by atoms with Gasteiger partial charge in [-0.05, 0) is 55.1 Å². The first-order valence-corrected chi connectivity index (χ1v) is 8.96. The predicted octanol–water partition coefficient (Wildman–Crippen LogP) is 4.19. The number of rotatable bonds is 7. The third-order valence-corrected chi connectivity index (χ3v) is 4.35. The largest absolute Gasteiger partial charge is 0.493 e. The first kappa shape index (κ1) is 17.9. The zero-order valence-corrected chi connectivity index (χ0v) is 15.7. The van der Waals surface area contributed by atoms with E-state index in [1.54, 1.807) is 24.7 Å². The Kier molecular flexibility index (Phi) is 5.80. The summed E-state index contributed by atoms with van der Waals surface area (Å²) in [5, 5.41) is 6.22. The molecule has 6 nitrogen and oxygen atoms in total. The molecular formula is C19H20N4O2S. The van der Waals surface area contributed by atoms with Gasteiger partial charge in [0.05, 0.1) is 13.3 Å². The van der Waals surface area contributed by atoms with E-state index >= 15 is 0 Å². The van der Waals surface area contributed by atoms with Crippen molar-refractivity contribution >= 4 is 23.5 Å². The van der Waals surface area contributed by atoms with Gasteiger partial charge in [-0.3, -0.25) is 0 Å². The Morgan fingerprint density at radius 2 is 1.92 bits per heavy atom. The van der Waals surface area contributed by atoms with Gasteiger partial charge in [0.15, 0.2) is 11.5 Å². The van der Waals surface area contributed by atoms with Crippen LogP contribution in [0.3, 0.4) is 0 Å². The van der Waals surface area contributed by atoms with Gasteiger partial charge >= 0.3 is 0 Å². The van der Waals surface area contributed by atoms with E-state index < -0.39 is 0 Å². The van der Waals surface area contributed by atoms with Gasteiger partial charge in [-0.2, -0.15) is 5.10 Å². The Balaban J connectivity index is 1.66. The maximum absolute atomic E-state index is 5.83. The molecule has 0 saturated heterocycles. The summed E-state index contributed by atoms with van der Waals surface area (Å²) in [6.07, 6.45) is 1.69. The molecule has 1 aromatic carbocycles. The summed E-state index contributed by atoms with van der Waals surface area (Å²) >= 11 is 1.66. The highest BCUT2D eigenvalue weighted by molar-refractivity contribution is 7.09. The molecule has 2 heterocycles. The van der Waals surface area contributed by atoms with E-state index in [1.165, 1.54) is 0 Å². The van der Waals surface area contributed by atoms with Crippen molar-refractivity contribution in [3.63, 3.8) is 0 Å². The molecule has 2 aromatic heterocycles. The van der Waals surface area contributed by atoms with E-state index in [9.17, 15) is 0 Å². The number of aryl methyl sites for hydroxylation is 2. The molecule has 0 aliphatic rings. The summed E-state index contributed by atoms with van der Waals surface area (Å²) in [4.78, 5) is 9.73. The van der Waals surface area contributed by atoms with E-state index in [0.29, 0.717) is 24.1 Å². The molecule has 0 aliphatic heterocycles. The molecule has 0 atom stereocenters. The summed E-state index contributed by atoms with van der Waals surface area (Å²) in [5.74, 6) is 1.83. The first-order valence-electron chi connectivity index (χ1n) is 8.08. The van der Waals surface area contributed by atoms with Crippen LogP contribution in [0.4, 0.5) is 5.95 Å². The number of methoxy groups -OCH3 is 1. The minimum absolute atomic E-state index is 0.474. The minimum atomic E-state index is 0.474. The Morgan fingerprint density at radius 3 is 2.62 bits per heavy atom. The van der Waals surface area contributed by atoms with Gasteiger partial charge in [-0.1, -0.05) is 6.07 Å². The molecule has 0 bridgehead atoms. The van der Waals surface area contributed by atoms with Crippen molar-refractivity contribution in [2.24, 2.45) is 5.10 Å². The van der Waals surface area contributed by atoms with Crippen molar-refractivity contribution in [2.75, 3.05) is 12.5 Å². The van der Waals surface area contributed by atoms with Crippen LogP contribution < -0.4 is 14.9 Å². The normalized spacial score (nSPS) is 10.9. The number of hydrogen-bond donors (Lipinski definition) is 1. The average Bonchev–Trinajstić information content (AvgIpc) is 3.13. The van der Waals surface area contributed by atoms with Crippen molar-refractivity contribution < 1.29 is 9.47 Å². The fraction of sp³-hybridized carbons (Fsp3) is 0.211. The number of anilines is 1. The van der Waals surface area contributed by atoms with Crippen molar-refractivity contribution in [3.8, 4) is 11.5 Å². The monoisotopic (exact) mass is 368 g/mol. The van der Waals surface area contributed by atoms with Crippen LogP contribution in [0.2, 0.25) is 0 Å². The topological polar surface area (TPSA) is 68.6 Å². The lowest BCUT2D eigenvalue weighted by atomic mass is 10.2. The third-order valence-electron chi connectivity index (χ3n) is 3.50. The zero-order valence-electron chi connectivity index (χ0n) is 14.9. The van der Waals surface area contributed by atoms with Gasteiger partial charge in [0, 0.05) is 16.3 Å². The molecule has 26 heavy (non-hydrogen) atoms. The highest BCUT2D eigenvalue weighted by Gasteiger charge is 2.06. The highest BCUT2D eigenvalue weighted by Crippen LogP contribution is 2.28. The van der Waals surface area contributed by atoms with Crippen LogP contribution in [0.15, 0.2) is 46.9 Å². The van der Waals surface area contributed by atoms with Crippen LogP contribution in [-0.4, -0.2) is 23.3 Å². The Hall–Kier alpha value is -2.93. The average molecular weight is 368 g/mol. The molecule has 0 spiro atoms. The second-order valence-electron chi connectivity index (χ2n) is 5.62. The van der Waals surface area contributed by atoms with Crippen molar-refractivity contribution in [2.45, 2.75) is 20.5 Å². The Bertz CT molecular complexity index is 874. The van der Waals surface area contributed by atoms with Gasteiger partial charge in [-0.25, -0.2) is 15.4 Å². The number of thiophene rings is 1. The molecule has 0 unspecified atom stereocenters. The fourth-order valence-corrected chi connectivity index (χ4v) is 2.98. The van der Waals surface area contributed by atoms with Gasteiger partial charge in [-0.15, -0.1) is 11.3 Å². The van der Waals surface area contributed by atoms with Crippen molar-refractivity contribution in [1.82, 2.24) is 9.97 Å². The third kappa shape index (κ3) is 4.80. The number of hydrazone groups is 1. The molecule has 0 amide bonds. The predicted molar refractivity (Wildman–Crippen MR) is 104 cm³/mol. The van der Waals surface area contributed by atoms with Gasteiger partial charge < -0.3 is 9.47 Å². The molecule has 0 saturated carbocycles. The lowest BCUT2D eigenvalue weighted by molar-refractivity contribution is 0.287. The minimum Gasteiger partial charge on any atom is -0.493 e. The van der Waals surface area contributed by atoms with E-state index in [4.69, 9.17) is 9.47 Å². The lowest BCUT2D eigenvalue weighted by Gasteiger charge is -2.10. The van der Waals surface area contributed by atoms with E-state index in [0.717, 1.165) is 21.8 Å². The van der Waals surface area contributed by atoms with Crippen LogP contribution in [0.25, 0.3) is 0 Å². The highest BCUT2D eigenvalue weighted by atomic mass is 32.1. The molecule has 3 aromatic rings. The van der Waals surface area contributed by atoms with Crippen LogP contribution >= 0.6 is 11.3 Å². The molecule has 0 fully saturated rings. The van der Waals surface area contributed by atoms with Crippen LogP contribution in [-0.2, 0) is 6.61 Å². The molecular weight excluding hydrogens is 348 g/mol. The second-order valence-corrected chi connectivity index (χ2v) is 6.65. The molecule has 0 radical (unpaired) electrons. The zero-order chi connectivity index (χ0) is 18.4. The van der Waals surface area contributed by atoms with Crippen molar-refractivity contribution in [1.29, 1.82) is 0 Å². The number of benzene rings is 1. The maximum Gasteiger partial charge on any atom is 0.243 e. The number of nitrogens with zero attached hydrogens (tertiary/aromatic N) is 3. The van der Waals surface area contributed by atoms with Gasteiger partial charge in [0.2, 0.25) is 5.95 Å². The Morgan fingerprint density at radius 1 is 1.12 bits per heavy atom. The number of aromatic nitrogens is 2. The van der Waals surface area contributed by atoms with Crippen molar-refractivity contribution in [3.05, 3.63) is 63.6 Å². The summed E-state index contributed by atoms with van der Waals surface area (Å²) in [5.41, 5.74) is 5.51. The SMILES string of the molecule is COc1cc(/C=N\Nc2nc(C)cc(C)n2)ccc1OCc1cccs1. The first-order chi connectivity index (χ1) is 12.6. The standard InChI is InChI=1S/C19H20N4O2S/c1-13-9-14(2)22-19(21-13)23-20-11-15-6-7-17(18(10-15)24-3)25-12-16-5-4-8-26-16/h4-11H,12H2,1-3H3,(H,21,22,23)/b20-11-. The van der Waals surface area contributed by atoms with E-state index in [-0.39, 0.29) is 0 Å². The summed E-state index contributed by atoms with van der Waals surface area (Å²) in [7, 11) is 1.62. The smallest absolute Gasteiger partial charge is 0.243 e. The molecule has 1 N–H and O–H groups in total. The lowest BCUT2D eigenvalue weighted by Crippen LogP contribution is -2.00. The number of nitrogens with one attached hydrogen (secondary N) is 1. The fourth-order valence-electron chi connectivity index (χ4n) is 2.37. The molecule has 3 rings (SSSR count). The summed E-state index contributed by atoms with van der Waals surface area (Å²) in [6.45, 7) is 4.36. The number of ether oxygens (including phenoxy) is 2. The summed E-state index contributed by atoms with van der Waals surface area (Å²) < 4.78 is 11.3. The van der Waals surface area contributed by atoms with E-state index in [1.807, 2.05) is 55.6 Å². The van der Waals surface area contributed by atoms with Crippen LogP contribution in [0.5, 0.6) is 11.5 Å². The molecule has 7 heteroatoms. The Labute approximate surface area is 156 Å². The van der Waals surface area contributed by atoms with Gasteiger partial charge in [0.1, 0.15) is 6.61 Å². The maximum atomic E-state index is 5.83. The summed E-state index contributed by atoms with van der Waals surface area (Å²) in [6, 6.07) is 11.6. The molecule has 134 valence electrons.